The highest BCUT2D eigenvalue weighted by Crippen LogP contribution is 2.29. The fraction of sp³-hybridized carbons (Fsp3) is 0.529. The number of benzene rings is 1. The second kappa shape index (κ2) is 6.38. The van der Waals surface area contributed by atoms with Crippen LogP contribution in [0.25, 0.3) is 0 Å². The van der Waals surface area contributed by atoms with Gasteiger partial charge in [0, 0.05) is 5.56 Å². The molecule has 2 N–H and O–H groups in total. The van der Waals surface area contributed by atoms with Crippen LogP contribution in [0.4, 0.5) is 0 Å². The summed E-state index contributed by atoms with van der Waals surface area (Å²) in [5.74, 6) is 0.239. The molecule has 0 aromatic heterocycles. The van der Waals surface area contributed by atoms with Crippen molar-refractivity contribution in [1.29, 1.82) is 0 Å². The minimum atomic E-state index is -0.364. The Balaban J connectivity index is 1.81. The van der Waals surface area contributed by atoms with Crippen molar-refractivity contribution in [2.75, 3.05) is 0 Å². The Morgan fingerprint density at radius 1 is 1.27 bits per heavy atom. The molecule has 118 valence electrons. The van der Waals surface area contributed by atoms with Gasteiger partial charge in [0.1, 0.15) is 0 Å². The van der Waals surface area contributed by atoms with Gasteiger partial charge in [-0.2, -0.15) is 0 Å². The number of carbonyl (C=O) groups excluding carboxylic acids is 1. The lowest BCUT2D eigenvalue weighted by atomic mass is 9.95. The molecular weight excluding hydrogens is 278 g/mol. The molecule has 2 aliphatic rings. The molecule has 1 heterocycles. The summed E-state index contributed by atoms with van der Waals surface area (Å²) in [6.07, 6.45) is 5.71. The molecule has 0 radical (unpaired) electrons. The zero-order valence-corrected chi connectivity index (χ0v) is 13.0. The summed E-state index contributed by atoms with van der Waals surface area (Å²) < 4.78 is 5.94. The molecule has 1 unspecified atom stereocenters. The topological polar surface area (TPSA) is 67.9 Å². The number of nitrogens with two attached hydrogens (primary N) is 1. The third-order valence-corrected chi connectivity index (χ3v) is 4.37. The van der Waals surface area contributed by atoms with E-state index >= 15 is 0 Å². The smallest absolute Gasteiger partial charge is 0.240 e. The number of hydrogen-bond donors (Lipinski definition) is 1. The van der Waals surface area contributed by atoms with E-state index in [4.69, 9.17) is 10.5 Å². The molecule has 22 heavy (non-hydrogen) atoms. The van der Waals surface area contributed by atoms with Crippen molar-refractivity contribution in [2.24, 2.45) is 10.8 Å². The summed E-state index contributed by atoms with van der Waals surface area (Å²) in [6, 6.07) is 8.42. The van der Waals surface area contributed by atoms with Crippen LogP contribution in [0.5, 0.6) is 0 Å². The maximum absolute atomic E-state index is 11.3. The molecule has 1 saturated carbocycles. The SMILES string of the molecule is Cc1ccc(C2=NN(C3CCCCC3)C(CC(N)=O)O2)cc1. The van der Waals surface area contributed by atoms with E-state index in [0.29, 0.717) is 11.9 Å². The molecule has 1 amide bonds. The fourth-order valence-corrected chi connectivity index (χ4v) is 3.17. The Hall–Kier alpha value is -2.04. The van der Waals surface area contributed by atoms with Crippen molar-refractivity contribution < 1.29 is 9.53 Å². The third kappa shape index (κ3) is 3.24. The average molecular weight is 301 g/mol. The molecule has 0 spiro atoms. The van der Waals surface area contributed by atoms with Gasteiger partial charge in [0.2, 0.25) is 11.8 Å². The van der Waals surface area contributed by atoms with Gasteiger partial charge in [0.15, 0.2) is 6.23 Å². The molecule has 1 atom stereocenters. The van der Waals surface area contributed by atoms with Crippen LogP contribution in [0.2, 0.25) is 0 Å². The van der Waals surface area contributed by atoms with Crippen molar-refractivity contribution in [3.63, 3.8) is 0 Å². The van der Waals surface area contributed by atoms with Gasteiger partial charge >= 0.3 is 0 Å². The van der Waals surface area contributed by atoms with Gasteiger partial charge in [0.05, 0.1) is 12.5 Å². The zero-order valence-electron chi connectivity index (χ0n) is 13.0. The van der Waals surface area contributed by atoms with Crippen LogP contribution in [0, 0.1) is 6.92 Å². The molecule has 1 aromatic rings. The largest absolute Gasteiger partial charge is 0.450 e. The van der Waals surface area contributed by atoms with Gasteiger partial charge in [-0.1, -0.05) is 37.0 Å². The molecule has 1 aliphatic carbocycles. The van der Waals surface area contributed by atoms with E-state index in [9.17, 15) is 4.79 Å². The van der Waals surface area contributed by atoms with E-state index in [-0.39, 0.29) is 18.6 Å². The number of hydrogen-bond acceptors (Lipinski definition) is 4. The van der Waals surface area contributed by atoms with E-state index < -0.39 is 0 Å². The lowest BCUT2D eigenvalue weighted by Gasteiger charge is -2.32. The zero-order chi connectivity index (χ0) is 15.5. The maximum Gasteiger partial charge on any atom is 0.240 e. The molecule has 3 rings (SSSR count). The van der Waals surface area contributed by atoms with Crippen LogP contribution >= 0.6 is 0 Å². The van der Waals surface area contributed by atoms with Crippen LogP contribution in [0.3, 0.4) is 0 Å². The van der Waals surface area contributed by atoms with Crippen molar-refractivity contribution in [3.05, 3.63) is 35.4 Å². The molecule has 1 aromatic carbocycles. The van der Waals surface area contributed by atoms with Gasteiger partial charge in [-0.25, -0.2) is 0 Å². The number of aryl methyl sites for hydroxylation is 1. The Morgan fingerprint density at radius 3 is 2.59 bits per heavy atom. The lowest BCUT2D eigenvalue weighted by molar-refractivity contribution is -0.122. The minimum Gasteiger partial charge on any atom is -0.450 e. The monoisotopic (exact) mass is 301 g/mol. The van der Waals surface area contributed by atoms with E-state index in [1.54, 1.807) is 0 Å². The molecule has 0 bridgehead atoms. The number of carbonyl (C=O) groups is 1. The van der Waals surface area contributed by atoms with E-state index in [0.717, 1.165) is 18.4 Å². The third-order valence-electron chi connectivity index (χ3n) is 4.37. The standard InChI is InChI=1S/C17H23N3O2/c1-12-7-9-13(10-8-12)17-19-20(14-5-3-2-4-6-14)16(22-17)11-15(18)21/h7-10,14,16H,2-6,11H2,1H3,(H2,18,21). The number of rotatable bonds is 4. The first kappa shape index (κ1) is 14.9. The normalized spacial score (nSPS) is 22.3. The van der Waals surface area contributed by atoms with Crippen LogP contribution < -0.4 is 5.73 Å². The number of amides is 1. The first-order valence-electron chi connectivity index (χ1n) is 8.02. The van der Waals surface area contributed by atoms with Crippen LogP contribution in [0.15, 0.2) is 29.4 Å². The van der Waals surface area contributed by atoms with E-state index in [2.05, 4.69) is 5.10 Å². The summed E-state index contributed by atoms with van der Waals surface area (Å²) in [5, 5.41) is 6.64. The van der Waals surface area contributed by atoms with E-state index in [1.807, 2.05) is 36.2 Å². The maximum atomic E-state index is 11.3. The number of nitrogens with zero attached hydrogens (tertiary/aromatic N) is 2. The summed E-state index contributed by atoms with van der Waals surface area (Å²) >= 11 is 0. The Kier molecular flexibility index (Phi) is 4.32. The summed E-state index contributed by atoms with van der Waals surface area (Å²) in [7, 11) is 0. The van der Waals surface area contributed by atoms with Crippen molar-refractivity contribution >= 4 is 11.8 Å². The minimum absolute atomic E-state index is 0.176. The van der Waals surface area contributed by atoms with Crippen molar-refractivity contribution in [1.82, 2.24) is 5.01 Å². The van der Waals surface area contributed by atoms with Gasteiger partial charge < -0.3 is 10.5 Å². The van der Waals surface area contributed by atoms with Gasteiger partial charge in [0.25, 0.3) is 0 Å². The molecule has 5 nitrogen and oxygen atoms in total. The highest BCUT2D eigenvalue weighted by molar-refractivity contribution is 5.95. The summed E-state index contributed by atoms with van der Waals surface area (Å²) in [6.45, 7) is 2.05. The van der Waals surface area contributed by atoms with Crippen LogP contribution in [0.1, 0.15) is 49.7 Å². The van der Waals surface area contributed by atoms with Crippen LogP contribution in [-0.4, -0.2) is 29.1 Å². The van der Waals surface area contributed by atoms with Crippen molar-refractivity contribution in [3.8, 4) is 0 Å². The first-order valence-corrected chi connectivity index (χ1v) is 8.02. The second-order valence-corrected chi connectivity index (χ2v) is 6.19. The average Bonchev–Trinajstić information content (AvgIpc) is 2.92. The highest BCUT2D eigenvalue weighted by Gasteiger charge is 2.35. The van der Waals surface area contributed by atoms with E-state index in [1.165, 1.54) is 24.8 Å². The lowest BCUT2D eigenvalue weighted by Crippen LogP contribution is -2.40. The second-order valence-electron chi connectivity index (χ2n) is 6.19. The number of ether oxygens (including phenoxy) is 1. The highest BCUT2D eigenvalue weighted by atomic mass is 16.5. The van der Waals surface area contributed by atoms with Crippen molar-refractivity contribution in [2.45, 2.75) is 57.7 Å². The predicted octanol–water partition coefficient (Wildman–Crippen LogP) is 2.52. The summed E-state index contributed by atoms with van der Waals surface area (Å²) in [5.41, 5.74) is 7.51. The summed E-state index contributed by atoms with van der Waals surface area (Å²) in [4.78, 5) is 11.3. The first-order chi connectivity index (χ1) is 10.6. The number of primary amides is 1. The molecule has 5 heteroatoms. The van der Waals surface area contributed by atoms with Gasteiger partial charge in [-0.05, 0) is 31.9 Å². The molecule has 1 fully saturated rings. The van der Waals surface area contributed by atoms with Gasteiger partial charge in [-0.15, -0.1) is 5.10 Å². The number of hydrazone groups is 1. The molecule has 0 saturated heterocycles. The Labute approximate surface area is 131 Å². The van der Waals surface area contributed by atoms with Crippen LogP contribution in [-0.2, 0) is 9.53 Å². The Bertz CT molecular complexity index is 562. The fourth-order valence-electron chi connectivity index (χ4n) is 3.17. The Morgan fingerprint density at radius 2 is 1.95 bits per heavy atom. The van der Waals surface area contributed by atoms with Gasteiger partial charge in [-0.3, -0.25) is 9.80 Å². The molecule has 1 aliphatic heterocycles. The predicted molar refractivity (Wildman–Crippen MR) is 85.1 cm³/mol. The quantitative estimate of drug-likeness (QED) is 0.929. The molecular formula is C17H23N3O2.